The molecule has 2 aliphatic heterocycles. The van der Waals surface area contributed by atoms with E-state index in [0.717, 1.165) is 54.1 Å². The predicted molar refractivity (Wildman–Crippen MR) is 154 cm³/mol. The number of urea groups is 1. The summed E-state index contributed by atoms with van der Waals surface area (Å²) in [4.78, 5) is 33.0. The second-order valence-corrected chi connectivity index (χ2v) is 11.7. The summed E-state index contributed by atoms with van der Waals surface area (Å²) in [7, 11) is 0. The molecule has 40 heavy (non-hydrogen) atoms. The summed E-state index contributed by atoms with van der Waals surface area (Å²) < 4.78 is 4.16. The van der Waals surface area contributed by atoms with E-state index in [4.69, 9.17) is 15.8 Å². The fraction of sp³-hybridized carbons (Fsp3) is 0.467. The molecule has 0 bridgehead atoms. The summed E-state index contributed by atoms with van der Waals surface area (Å²) in [5.74, 6) is 1.68. The minimum Gasteiger partial charge on any atom is -0.399 e. The number of nitrogen functional groups attached to an aromatic ring is 1. The molecule has 3 amide bonds. The molecule has 0 atom stereocenters. The Balaban J connectivity index is 0.948. The molecule has 1 aromatic carbocycles. The van der Waals surface area contributed by atoms with Gasteiger partial charge in [-0.05, 0) is 93.3 Å². The van der Waals surface area contributed by atoms with Crippen molar-refractivity contribution in [2.45, 2.75) is 56.9 Å². The zero-order chi connectivity index (χ0) is 27.2. The number of nitrogens with one attached hydrogen (secondary N) is 1. The molecular formula is C30H36N8O2. The highest BCUT2D eigenvalue weighted by molar-refractivity contribution is 6.05. The van der Waals surface area contributed by atoms with Crippen LogP contribution in [0, 0.1) is 5.92 Å². The van der Waals surface area contributed by atoms with Gasteiger partial charge in [0.15, 0.2) is 0 Å². The van der Waals surface area contributed by atoms with Crippen LogP contribution in [0.2, 0.25) is 0 Å². The van der Waals surface area contributed by atoms with Crippen molar-refractivity contribution in [1.29, 1.82) is 0 Å². The SMILES string of the molecule is Nc1ccc2nn([C@H]3CC[C@H](CN4CCC(c5cccn6c(N7CCC(=O)NC7=O)cnc56)CC4)CC3)cc2c1. The molecular weight excluding hydrogens is 504 g/mol. The summed E-state index contributed by atoms with van der Waals surface area (Å²) in [5.41, 5.74) is 9.92. The number of carbonyl (C=O) groups is 2. The van der Waals surface area contributed by atoms with Crippen molar-refractivity contribution >= 4 is 40.0 Å². The maximum absolute atomic E-state index is 12.4. The summed E-state index contributed by atoms with van der Waals surface area (Å²) in [6, 6.07) is 10.3. The highest BCUT2D eigenvalue weighted by Crippen LogP contribution is 2.36. The lowest BCUT2D eigenvalue weighted by Crippen LogP contribution is -2.50. The molecule has 5 heterocycles. The van der Waals surface area contributed by atoms with Gasteiger partial charge >= 0.3 is 6.03 Å². The van der Waals surface area contributed by atoms with E-state index < -0.39 is 0 Å². The molecule has 2 saturated heterocycles. The van der Waals surface area contributed by atoms with Crippen molar-refractivity contribution in [2.24, 2.45) is 5.92 Å². The van der Waals surface area contributed by atoms with E-state index in [9.17, 15) is 9.59 Å². The molecule has 4 aromatic rings. The number of pyridine rings is 1. The second kappa shape index (κ2) is 10.2. The first-order chi connectivity index (χ1) is 19.5. The van der Waals surface area contributed by atoms with Crippen LogP contribution >= 0.6 is 0 Å². The van der Waals surface area contributed by atoms with E-state index in [2.05, 4.69) is 27.2 Å². The summed E-state index contributed by atoms with van der Waals surface area (Å²) >= 11 is 0. The van der Waals surface area contributed by atoms with Crippen molar-refractivity contribution in [1.82, 2.24) is 29.4 Å². The van der Waals surface area contributed by atoms with Crippen LogP contribution in [0.3, 0.4) is 0 Å². The van der Waals surface area contributed by atoms with Gasteiger partial charge in [0.25, 0.3) is 0 Å². The predicted octanol–water partition coefficient (Wildman–Crippen LogP) is 4.32. The van der Waals surface area contributed by atoms with Gasteiger partial charge in [-0.2, -0.15) is 5.10 Å². The minimum absolute atomic E-state index is 0.229. The number of anilines is 2. The number of imidazole rings is 1. The third-order valence-corrected chi connectivity index (χ3v) is 9.16. The van der Waals surface area contributed by atoms with Gasteiger partial charge in [-0.1, -0.05) is 6.07 Å². The topological polar surface area (TPSA) is 114 Å². The third kappa shape index (κ3) is 4.70. The standard InChI is InChI=1S/C30H36N8O2/c31-23-5-8-26-22(16-23)19-38(34-26)24-6-3-20(4-7-24)18-35-13-9-21(10-14-35)25-2-1-12-36-28(17-32-29(25)36)37-15-11-27(39)33-30(37)40/h1-2,5,8,12,16-17,19-21,24H,3-4,6-7,9-11,13-15,18,31H2,(H,33,39,40)/t20-,24-. The zero-order valence-electron chi connectivity index (χ0n) is 22.7. The van der Waals surface area contributed by atoms with Gasteiger partial charge in [0.05, 0.1) is 17.8 Å². The van der Waals surface area contributed by atoms with Gasteiger partial charge in [0.1, 0.15) is 11.5 Å². The summed E-state index contributed by atoms with van der Waals surface area (Å²) in [6.45, 7) is 3.75. The lowest BCUT2D eigenvalue weighted by atomic mass is 9.84. The Morgan fingerprint density at radius 1 is 1.00 bits per heavy atom. The Labute approximate surface area is 233 Å². The van der Waals surface area contributed by atoms with Crippen LogP contribution in [0.4, 0.5) is 16.3 Å². The number of imide groups is 1. The van der Waals surface area contributed by atoms with Gasteiger partial charge in [-0.15, -0.1) is 0 Å². The largest absolute Gasteiger partial charge is 0.399 e. The Morgan fingerprint density at radius 2 is 1.82 bits per heavy atom. The fourth-order valence-electron chi connectivity index (χ4n) is 6.95. The molecule has 3 aliphatic rings. The number of aromatic nitrogens is 4. The van der Waals surface area contributed by atoms with Crippen LogP contribution in [-0.4, -0.2) is 62.2 Å². The number of nitrogens with zero attached hydrogens (tertiary/aromatic N) is 6. The number of likely N-dealkylation sites (tertiary alicyclic amines) is 1. The monoisotopic (exact) mass is 540 g/mol. The average Bonchev–Trinajstić information content (AvgIpc) is 3.58. The highest BCUT2D eigenvalue weighted by Gasteiger charge is 2.30. The van der Waals surface area contributed by atoms with E-state index in [1.807, 2.05) is 34.9 Å². The Kier molecular flexibility index (Phi) is 6.42. The van der Waals surface area contributed by atoms with Gasteiger partial charge in [0.2, 0.25) is 5.91 Å². The Morgan fingerprint density at radius 3 is 2.62 bits per heavy atom. The normalized spacial score (nSPS) is 23.2. The molecule has 3 fully saturated rings. The van der Waals surface area contributed by atoms with Gasteiger partial charge < -0.3 is 10.6 Å². The van der Waals surface area contributed by atoms with Crippen molar-refractivity contribution in [2.75, 3.05) is 36.8 Å². The smallest absolute Gasteiger partial charge is 0.329 e. The molecule has 7 rings (SSSR count). The molecule has 10 heteroatoms. The average molecular weight is 541 g/mol. The van der Waals surface area contributed by atoms with Gasteiger partial charge in [0, 0.05) is 43.0 Å². The molecule has 10 nitrogen and oxygen atoms in total. The van der Waals surface area contributed by atoms with E-state index in [1.54, 1.807) is 11.1 Å². The summed E-state index contributed by atoms with van der Waals surface area (Å²) in [6.07, 6.45) is 13.2. The van der Waals surface area contributed by atoms with Crippen LogP contribution in [-0.2, 0) is 4.79 Å². The van der Waals surface area contributed by atoms with E-state index in [0.29, 0.717) is 30.7 Å². The molecule has 0 spiro atoms. The molecule has 1 saturated carbocycles. The van der Waals surface area contributed by atoms with Gasteiger partial charge in [-0.25, -0.2) is 9.78 Å². The number of hydrogen-bond donors (Lipinski definition) is 2. The molecule has 1 aliphatic carbocycles. The number of nitrogens with two attached hydrogens (primary N) is 1. The minimum atomic E-state index is -0.381. The maximum Gasteiger partial charge on any atom is 0.329 e. The van der Waals surface area contributed by atoms with Crippen LogP contribution in [0.15, 0.2) is 48.9 Å². The number of piperidine rings is 1. The molecule has 3 N–H and O–H groups in total. The number of fused-ring (bicyclic) bond motifs is 2. The number of carbonyl (C=O) groups excluding carboxylic acids is 2. The molecule has 208 valence electrons. The maximum atomic E-state index is 12.4. The first-order valence-corrected chi connectivity index (χ1v) is 14.6. The van der Waals surface area contributed by atoms with Gasteiger partial charge in [-0.3, -0.25) is 24.1 Å². The second-order valence-electron chi connectivity index (χ2n) is 11.7. The molecule has 3 aromatic heterocycles. The van der Waals surface area contributed by atoms with E-state index in [1.165, 1.54) is 37.8 Å². The van der Waals surface area contributed by atoms with Crippen molar-refractivity contribution < 1.29 is 9.59 Å². The lowest BCUT2D eigenvalue weighted by molar-refractivity contribution is -0.120. The Hall–Kier alpha value is -3.92. The van der Waals surface area contributed by atoms with E-state index in [-0.39, 0.29) is 11.9 Å². The van der Waals surface area contributed by atoms with Crippen molar-refractivity contribution in [3.63, 3.8) is 0 Å². The van der Waals surface area contributed by atoms with Crippen LogP contribution in [0.25, 0.3) is 16.6 Å². The third-order valence-electron chi connectivity index (χ3n) is 9.16. The number of benzene rings is 1. The van der Waals surface area contributed by atoms with E-state index >= 15 is 0 Å². The van der Waals surface area contributed by atoms with Crippen LogP contribution in [0.5, 0.6) is 0 Å². The molecule has 0 unspecified atom stereocenters. The first-order valence-electron chi connectivity index (χ1n) is 14.6. The quantitative estimate of drug-likeness (QED) is 0.365. The highest BCUT2D eigenvalue weighted by atomic mass is 16.2. The molecule has 0 radical (unpaired) electrons. The fourth-order valence-corrected chi connectivity index (χ4v) is 6.95. The summed E-state index contributed by atoms with van der Waals surface area (Å²) in [5, 5.41) is 8.35. The van der Waals surface area contributed by atoms with Crippen molar-refractivity contribution in [3.8, 4) is 0 Å². The lowest BCUT2D eigenvalue weighted by Gasteiger charge is -2.36. The number of hydrogen-bond acceptors (Lipinski definition) is 6. The number of amides is 3. The number of rotatable bonds is 5. The van der Waals surface area contributed by atoms with Crippen LogP contribution in [0.1, 0.15) is 62.5 Å². The Bertz CT molecular complexity index is 1560. The zero-order valence-corrected chi connectivity index (χ0v) is 22.7. The van der Waals surface area contributed by atoms with Crippen molar-refractivity contribution in [3.05, 3.63) is 54.5 Å². The first kappa shape index (κ1) is 25.1. The van der Waals surface area contributed by atoms with Crippen LogP contribution < -0.4 is 16.0 Å².